The highest BCUT2D eigenvalue weighted by atomic mass is 16.3. The monoisotopic (exact) mass is 364 g/mol. The number of amides is 1. The van der Waals surface area contributed by atoms with Gasteiger partial charge in [0.05, 0.1) is 11.6 Å². The van der Waals surface area contributed by atoms with E-state index in [9.17, 15) is 9.90 Å². The van der Waals surface area contributed by atoms with Crippen LogP contribution < -0.4 is 0 Å². The van der Waals surface area contributed by atoms with Gasteiger partial charge in [-0.05, 0) is 56.5 Å². The predicted molar refractivity (Wildman–Crippen MR) is 101 cm³/mol. The van der Waals surface area contributed by atoms with Gasteiger partial charge in [0.1, 0.15) is 11.6 Å². The number of phenolic OH excluding ortho intramolecular Hbond substituents is 1. The third-order valence-electron chi connectivity index (χ3n) is 6.58. The lowest BCUT2D eigenvalue weighted by molar-refractivity contribution is -0.00344. The molecule has 1 aromatic heterocycles. The molecule has 140 valence electrons. The molecule has 0 aliphatic carbocycles. The van der Waals surface area contributed by atoms with Crippen molar-refractivity contribution in [2.45, 2.75) is 37.8 Å². The summed E-state index contributed by atoms with van der Waals surface area (Å²) in [5.41, 5.74) is 1.68. The van der Waals surface area contributed by atoms with E-state index in [1.807, 2.05) is 19.1 Å². The van der Waals surface area contributed by atoms with E-state index in [-0.39, 0.29) is 23.6 Å². The number of aromatic nitrogens is 2. The van der Waals surface area contributed by atoms with Crippen LogP contribution in [0, 0.1) is 12.8 Å². The standard InChI is InChI=1S/C21H24N4O2/c1-13-22-10-16(11-23-13)21(27)25-12-18(15-3-2-4-17(26)9-15)20-19(25)14-5-7-24(20)8-6-14/h2-4,9-11,14,18-20,26H,5-8,12H2,1H3/t18-,19+,20+/m1/s1. The van der Waals surface area contributed by atoms with Crippen LogP contribution in [0.1, 0.15) is 40.5 Å². The number of benzene rings is 1. The molecule has 3 atom stereocenters. The Labute approximate surface area is 158 Å². The second-order valence-electron chi connectivity index (χ2n) is 8.03. The van der Waals surface area contributed by atoms with Gasteiger partial charge in [-0.1, -0.05) is 12.1 Å². The lowest BCUT2D eigenvalue weighted by Crippen LogP contribution is -2.60. The van der Waals surface area contributed by atoms with Gasteiger partial charge in [-0.15, -0.1) is 0 Å². The number of aryl methyl sites for hydroxylation is 1. The molecule has 6 rings (SSSR count). The van der Waals surface area contributed by atoms with Crippen LogP contribution in [0.3, 0.4) is 0 Å². The number of fused-ring (bicyclic) bond motifs is 2. The fourth-order valence-electron chi connectivity index (χ4n) is 5.37. The number of hydrogen-bond acceptors (Lipinski definition) is 5. The maximum atomic E-state index is 13.3. The van der Waals surface area contributed by atoms with Crippen molar-refractivity contribution >= 4 is 5.91 Å². The molecule has 2 bridgehead atoms. The summed E-state index contributed by atoms with van der Waals surface area (Å²) in [6, 6.07) is 8.09. The molecular weight excluding hydrogens is 340 g/mol. The van der Waals surface area contributed by atoms with E-state index in [1.54, 1.807) is 18.5 Å². The van der Waals surface area contributed by atoms with Crippen molar-refractivity contribution in [3.63, 3.8) is 0 Å². The van der Waals surface area contributed by atoms with Crippen molar-refractivity contribution in [2.24, 2.45) is 5.92 Å². The number of hydrogen-bond donors (Lipinski definition) is 1. The first-order valence-electron chi connectivity index (χ1n) is 9.74. The molecule has 4 saturated heterocycles. The van der Waals surface area contributed by atoms with Crippen molar-refractivity contribution < 1.29 is 9.90 Å². The Morgan fingerprint density at radius 1 is 1.15 bits per heavy atom. The van der Waals surface area contributed by atoms with Gasteiger partial charge < -0.3 is 10.0 Å². The average molecular weight is 364 g/mol. The van der Waals surface area contributed by atoms with E-state index in [1.165, 1.54) is 0 Å². The van der Waals surface area contributed by atoms with Crippen LogP contribution in [0.2, 0.25) is 0 Å². The molecule has 4 fully saturated rings. The minimum Gasteiger partial charge on any atom is -0.508 e. The van der Waals surface area contributed by atoms with Crippen molar-refractivity contribution in [1.82, 2.24) is 19.8 Å². The van der Waals surface area contributed by atoms with Gasteiger partial charge in [-0.25, -0.2) is 9.97 Å². The molecule has 1 amide bonds. The molecule has 0 saturated carbocycles. The van der Waals surface area contributed by atoms with Crippen LogP contribution in [0.25, 0.3) is 0 Å². The number of rotatable bonds is 2. The largest absolute Gasteiger partial charge is 0.508 e. The minimum atomic E-state index is 0.0291. The van der Waals surface area contributed by atoms with Gasteiger partial charge >= 0.3 is 0 Å². The van der Waals surface area contributed by atoms with Gasteiger partial charge in [0.15, 0.2) is 0 Å². The van der Waals surface area contributed by atoms with Gasteiger partial charge in [0.25, 0.3) is 5.91 Å². The summed E-state index contributed by atoms with van der Waals surface area (Å²) < 4.78 is 0. The molecule has 0 radical (unpaired) electrons. The van der Waals surface area contributed by atoms with Crippen molar-refractivity contribution in [3.05, 3.63) is 53.6 Å². The zero-order chi connectivity index (χ0) is 18.5. The second-order valence-corrected chi connectivity index (χ2v) is 8.03. The Balaban J connectivity index is 1.52. The smallest absolute Gasteiger partial charge is 0.257 e. The quantitative estimate of drug-likeness (QED) is 0.885. The Hall–Kier alpha value is -2.47. The molecule has 2 aromatic rings. The predicted octanol–water partition coefficient (Wildman–Crippen LogP) is 2.19. The van der Waals surface area contributed by atoms with E-state index in [4.69, 9.17) is 0 Å². The van der Waals surface area contributed by atoms with E-state index >= 15 is 0 Å². The highest BCUT2D eigenvalue weighted by molar-refractivity contribution is 5.94. The number of piperidine rings is 3. The maximum absolute atomic E-state index is 13.3. The molecule has 5 heterocycles. The average Bonchev–Trinajstić information content (AvgIpc) is 3.12. The number of nitrogens with zero attached hydrogens (tertiary/aromatic N) is 4. The summed E-state index contributed by atoms with van der Waals surface area (Å²) in [5, 5.41) is 9.97. The Kier molecular flexibility index (Phi) is 3.90. The van der Waals surface area contributed by atoms with Crippen molar-refractivity contribution in [1.29, 1.82) is 0 Å². The summed E-state index contributed by atoms with van der Waals surface area (Å²) in [6.45, 7) is 4.72. The molecule has 6 nitrogen and oxygen atoms in total. The summed E-state index contributed by atoms with van der Waals surface area (Å²) in [4.78, 5) is 26.3. The molecule has 4 aliphatic heterocycles. The molecule has 0 spiro atoms. The lowest BCUT2D eigenvalue weighted by Gasteiger charge is -2.51. The Bertz CT molecular complexity index is 861. The zero-order valence-corrected chi connectivity index (χ0v) is 15.5. The van der Waals surface area contributed by atoms with E-state index < -0.39 is 0 Å². The van der Waals surface area contributed by atoms with Crippen LogP contribution in [-0.4, -0.2) is 62.5 Å². The Morgan fingerprint density at radius 2 is 1.89 bits per heavy atom. The first-order valence-corrected chi connectivity index (χ1v) is 9.74. The first-order chi connectivity index (χ1) is 13.1. The summed E-state index contributed by atoms with van der Waals surface area (Å²) in [6.07, 6.45) is 5.59. The second kappa shape index (κ2) is 6.30. The van der Waals surface area contributed by atoms with Gasteiger partial charge in [-0.3, -0.25) is 9.69 Å². The molecule has 6 heteroatoms. The van der Waals surface area contributed by atoms with Crippen LogP contribution >= 0.6 is 0 Å². The molecule has 1 N–H and O–H groups in total. The third-order valence-corrected chi connectivity index (χ3v) is 6.58. The molecular formula is C21H24N4O2. The van der Waals surface area contributed by atoms with E-state index in [2.05, 4.69) is 25.8 Å². The number of likely N-dealkylation sites (tertiary alicyclic amines) is 1. The fourth-order valence-corrected chi connectivity index (χ4v) is 5.37. The van der Waals surface area contributed by atoms with Crippen LogP contribution in [0.4, 0.5) is 0 Å². The first kappa shape index (κ1) is 16.7. The highest BCUT2D eigenvalue weighted by Crippen LogP contribution is 2.47. The highest BCUT2D eigenvalue weighted by Gasteiger charge is 2.54. The summed E-state index contributed by atoms with van der Waals surface area (Å²) >= 11 is 0. The molecule has 1 aromatic carbocycles. The Morgan fingerprint density at radius 3 is 2.59 bits per heavy atom. The fraction of sp³-hybridized carbons (Fsp3) is 0.476. The van der Waals surface area contributed by atoms with Crippen LogP contribution in [0.15, 0.2) is 36.7 Å². The normalized spacial score (nSPS) is 31.7. The third kappa shape index (κ3) is 2.70. The topological polar surface area (TPSA) is 69.6 Å². The number of phenols is 1. The van der Waals surface area contributed by atoms with Crippen LogP contribution in [0.5, 0.6) is 5.75 Å². The van der Waals surface area contributed by atoms with Crippen molar-refractivity contribution in [3.8, 4) is 5.75 Å². The van der Waals surface area contributed by atoms with Gasteiger partial charge in [0, 0.05) is 30.9 Å². The summed E-state index contributed by atoms with van der Waals surface area (Å²) in [5.74, 6) is 1.77. The molecule has 0 unspecified atom stereocenters. The number of carbonyl (C=O) groups excluding carboxylic acids is 1. The van der Waals surface area contributed by atoms with Gasteiger partial charge in [0.2, 0.25) is 0 Å². The van der Waals surface area contributed by atoms with E-state index in [0.717, 1.165) is 31.5 Å². The minimum absolute atomic E-state index is 0.0291. The zero-order valence-electron chi connectivity index (χ0n) is 15.5. The van der Waals surface area contributed by atoms with E-state index in [0.29, 0.717) is 29.9 Å². The maximum Gasteiger partial charge on any atom is 0.257 e. The van der Waals surface area contributed by atoms with Crippen molar-refractivity contribution in [2.75, 3.05) is 19.6 Å². The van der Waals surface area contributed by atoms with Crippen LogP contribution in [-0.2, 0) is 0 Å². The lowest BCUT2D eigenvalue weighted by atomic mass is 9.75. The van der Waals surface area contributed by atoms with Gasteiger partial charge in [-0.2, -0.15) is 0 Å². The number of carbonyl (C=O) groups is 1. The number of aromatic hydroxyl groups is 1. The molecule has 4 aliphatic rings. The summed E-state index contributed by atoms with van der Waals surface area (Å²) in [7, 11) is 0. The SMILES string of the molecule is Cc1ncc(C(=O)N2C[C@H](c3cccc(O)c3)[C@H]3[C@@H]2C2CCN3CC2)cn1. The molecule has 27 heavy (non-hydrogen) atoms.